The van der Waals surface area contributed by atoms with Gasteiger partial charge in [-0.3, -0.25) is 14.4 Å². The molecule has 1 N–H and O–H groups in total. The van der Waals surface area contributed by atoms with Gasteiger partial charge in [-0.2, -0.15) is 0 Å². The first-order chi connectivity index (χ1) is 12.9. The largest absolute Gasteiger partial charge is 0.465 e. The second-order valence-electron chi connectivity index (χ2n) is 10.1. The highest BCUT2D eigenvalue weighted by atomic mass is 16.6. The van der Waals surface area contributed by atoms with Crippen molar-refractivity contribution in [1.82, 2.24) is 0 Å². The first-order valence-corrected chi connectivity index (χ1v) is 10.0. The van der Waals surface area contributed by atoms with Gasteiger partial charge in [0.2, 0.25) is 0 Å². The van der Waals surface area contributed by atoms with Crippen LogP contribution >= 0.6 is 0 Å². The van der Waals surface area contributed by atoms with E-state index in [4.69, 9.17) is 14.2 Å². The lowest BCUT2D eigenvalue weighted by Gasteiger charge is -2.61. The molecule has 8 atom stereocenters. The molecule has 5 fully saturated rings. The molecule has 156 valence electrons. The molecule has 1 spiro atoms. The molecule has 28 heavy (non-hydrogen) atoms. The Kier molecular flexibility index (Phi) is 3.86. The fourth-order valence-electron chi connectivity index (χ4n) is 8.10. The van der Waals surface area contributed by atoms with E-state index in [1.54, 1.807) is 0 Å². The first-order valence-electron chi connectivity index (χ1n) is 10.0. The molecule has 5 aliphatic carbocycles. The molecule has 0 aromatic carbocycles. The van der Waals surface area contributed by atoms with Gasteiger partial charge in [0.15, 0.2) is 0 Å². The van der Waals surface area contributed by atoms with Gasteiger partial charge in [0.1, 0.15) is 12.2 Å². The summed E-state index contributed by atoms with van der Waals surface area (Å²) in [5.74, 6) is -0.609. The van der Waals surface area contributed by atoms with E-state index < -0.39 is 34.4 Å². The van der Waals surface area contributed by atoms with Crippen LogP contribution in [0.2, 0.25) is 0 Å². The molecular weight excluding hydrogens is 364 g/mol. The van der Waals surface area contributed by atoms with Crippen molar-refractivity contribution in [3.63, 3.8) is 0 Å². The van der Waals surface area contributed by atoms with Crippen LogP contribution in [0.25, 0.3) is 0 Å². The highest BCUT2D eigenvalue weighted by Crippen LogP contribution is 2.95. The average Bonchev–Trinajstić information content (AvgIpc) is 2.80. The van der Waals surface area contributed by atoms with Crippen molar-refractivity contribution in [2.24, 2.45) is 33.5 Å². The van der Waals surface area contributed by atoms with Gasteiger partial charge < -0.3 is 19.3 Å². The molecule has 0 aromatic rings. The molecule has 0 aliphatic heterocycles. The molecule has 5 aliphatic rings. The number of ether oxygens (including phenoxy) is 3. The van der Waals surface area contributed by atoms with E-state index in [-0.39, 0.29) is 36.0 Å². The Labute approximate surface area is 165 Å². The van der Waals surface area contributed by atoms with Crippen LogP contribution < -0.4 is 0 Å². The number of carbonyl (C=O) groups excluding carboxylic acids is 3. The number of rotatable bonds is 4. The Bertz CT molecular complexity index is 760. The highest BCUT2D eigenvalue weighted by molar-refractivity contribution is 5.68. The maximum atomic E-state index is 12.0. The molecule has 0 radical (unpaired) electrons. The summed E-state index contributed by atoms with van der Waals surface area (Å²) < 4.78 is 17.1. The van der Waals surface area contributed by atoms with Gasteiger partial charge in [-0.1, -0.05) is 20.8 Å². The molecule has 7 heteroatoms. The summed E-state index contributed by atoms with van der Waals surface area (Å²) >= 11 is 0. The Hall–Kier alpha value is -1.63. The molecule has 7 nitrogen and oxygen atoms in total. The third kappa shape index (κ3) is 1.96. The number of aliphatic hydroxyl groups excluding tert-OH is 1. The number of carbonyl (C=O) groups is 3. The smallest absolute Gasteiger partial charge is 0.303 e. The van der Waals surface area contributed by atoms with Crippen molar-refractivity contribution in [1.29, 1.82) is 0 Å². The Morgan fingerprint density at radius 2 is 1.57 bits per heavy atom. The van der Waals surface area contributed by atoms with Crippen LogP contribution in [0.1, 0.15) is 54.4 Å². The zero-order chi connectivity index (χ0) is 20.9. The van der Waals surface area contributed by atoms with Gasteiger partial charge in [-0.25, -0.2) is 0 Å². The van der Waals surface area contributed by atoms with Crippen molar-refractivity contribution in [3.8, 4) is 0 Å². The van der Waals surface area contributed by atoms with Crippen LogP contribution in [0.3, 0.4) is 0 Å². The number of aliphatic hydroxyl groups is 1. The second-order valence-corrected chi connectivity index (χ2v) is 10.1. The van der Waals surface area contributed by atoms with Gasteiger partial charge in [0, 0.05) is 42.4 Å². The predicted molar refractivity (Wildman–Crippen MR) is 96.7 cm³/mol. The molecule has 0 amide bonds. The molecule has 0 saturated heterocycles. The zero-order valence-corrected chi connectivity index (χ0v) is 17.4. The molecule has 5 rings (SSSR count). The van der Waals surface area contributed by atoms with E-state index >= 15 is 0 Å². The maximum Gasteiger partial charge on any atom is 0.303 e. The minimum Gasteiger partial charge on any atom is -0.465 e. The summed E-state index contributed by atoms with van der Waals surface area (Å²) in [4.78, 5) is 35.4. The quantitative estimate of drug-likeness (QED) is 0.574. The fourth-order valence-corrected chi connectivity index (χ4v) is 8.10. The van der Waals surface area contributed by atoms with E-state index in [1.165, 1.54) is 20.8 Å². The highest BCUT2D eigenvalue weighted by Gasteiger charge is 2.97. The second kappa shape index (κ2) is 5.49. The number of hydrogen-bond donors (Lipinski definition) is 1. The van der Waals surface area contributed by atoms with Crippen LogP contribution in [0.4, 0.5) is 0 Å². The number of hydrogen-bond acceptors (Lipinski definition) is 7. The minimum atomic E-state index is -0.873. The van der Waals surface area contributed by atoms with Gasteiger partial charge in [0.25, 0.3) is 0 Å². The summed E-state index contributed by atoms with van der Waals surface area (Å²) in [6.45, 7) is 10.4. The third-order valence-electron chi connectivity index (χ3n) is 8.69. The van der Waals surface area contributed by atoms with Crippen LogP contribution in [0.15, 0.2) is 0 Å². The van der Waals surface area contributed by atoms with E-state index in [0.717, 1.165) is 6.42 Å². The lowest BCUT2D eigenvalue weighted by atomic mass is 9.46. The van der Waals surface area contributed by atoms with Gasteiger partial charge in [0.05, 0.1) is 12.7 Å². The summed E-state index contributed by atoms with van der Waals surface area (Å²) in [5.41, 5.74) is -1.91. The molecular formula is C21H30O7. The van der Waals surface area contributed by atoms with E-state index in [9.17, 15) is 19.5 Å². The number of esters is 3. The van der Waals surface area contributed by atoms with Crippen molar-refractivity contribution >= 4 is 17.9 Å². The summed E-state index contributed by atoms with van der Waals surface area (Å²) in [5, 5.41) is 11.0. The first kappa shape index (κ1) is 19.7. The van der Waals surface area contributed by atoms with Crippen molar-refractivity contribution in [2.75, 3.05) is 6.61 Å². The molecule has 4 bridgehead atoms. The molecule has 0 unspecified atom stereocenters. The normalized spacial score (nSPS) is 49.2. The summed E-state index contributed by atoms with van der Waals surface area (Å²) in [6.07, 6.45) is -0.777. The van der Waals surface area contributed by atoms with E-state index in [1.807, 2.05) is 13.8 Å². The fraction of sp³-hybridized carbons (Fsp3) is 0.857. The van der Waals surface area contributed by atoms with Crippen LogP contribution in [-0.4, -0.2) is 47.9 Å². The van der Waals surface area contributed by atoms with Crippen molar-refractivity contribution in [2.45, 2.75) is 72.7 Å². The minimum absolute atomic E-state index is 0.185. The Balaban J connectivity index is 1.86. The average molecular weight is 394 g/mol. The monoisotopic (exact) mass is 394 g/mol. The SMILES string of the molecule is CC(=O)OC[C@]12C[C@H](O)[C@H](OC(C)=O)C(C)(C)[C@]13C[C@@H]1[C@H]2[C@]1(C)[C@H]3OC(C)=O. The van der Waals surface area contributed by atoms with Crippen LogP contribution in [0, 0.1) is 33.5 Å². The molecule has 0 heterocycles. The van der Waals surface area contributed by atoms with E-state index in [0.29, 0.717) is 12.3 Å². The predicted octanol–water partition coefficient (Wildman–Crippen LogP) is 1.85. The van der Waals surface area contributed by atoms with Gasteiger partial charge in [-0.05, 0) is 24.7 Å². The Morgan fingerprint density at radius 1 is 0.964 bits per heavy atom. The molecule has 5 saturated carbocycles. The summed E-state index contributed by atoms with van der Waals surface area (Å²) in [7, 11) is 0. The van der Waals surface area contributed by atoms with Gasteiger partial charge in [-0.15, -0.1) is 0 Å². The van der Waals surface area contributed by atoms with Crippen LogP contribution in [0.5, 0.6) is 0 Å². The van der Waals surface area contributed by atoms with Crippen LogP contribution in [-0.2, 0) is 28.6 Å². The van der Waals surface area contributed by atoms with E-state index in [2.05, 4.69) is 6.92 Å². The Morgan fingerprint density at radius 3 is 2.11 bits per heavy atom. The van der Waals surface area contributed by atoms with Crippen molar-refractivity contribution in [3.05, 3.63) is 0 Å². The third-order valence-corrected chi connectivity index (χ3v) is 8.69. The summed E-state index contributed by atoms with van der Waals surface area (Å²) in [6, 6.07) is 0. The van der Waals surface area contributed by atoms with Gasteiger partial charge >= 0.3 is 17.9 Å². The lowest BCUT2D eigenvalue weighted by molar-refractivity contribution is -0.248. The maximum absolute atomic E-state index is 12.0. The van der Waals surface area contributed by atoms with Crippen molar-refractivity contribution < 1.29 is 33.7 Å². The zero-order valence-electron chi connectivity index (χ0n) is 17.4. The lowest BCUT2D eigenvalue weighted by Crippen LogP contribution is -2.67. The molecule has 0 aromatic heterocycles. The standard InChI is InChI=1S/C21H30O7/c1-10(22)26-9-20-8-14(25)16(27-11(2)23)18(4,5)21(20)7-13-15(20)19(13,6)17(21)28-12(3)24/h13-17,25H,7-9H2,1-6H3/t13-,14+,15+,16+,17-,19-,20+,21-/m1/s1. The topological polar surface area (TPSA) is 99.1 Å².